The third-order valence-corrected chi connectivity index (χ3v) is 3.39. The van der Waals surface area contributed by atoms with Gasteiger partial charge in [-0.3, -0.25) is 4.79 Å². The number of nitrogens with zero attached hydrogens (tertiary/aromatic N) is 1. The molecule has 3 heterocycles. The number of pyridine rings is 1. The largest absolute Gasteiger partial charge is 0.469 e. The predicted octanol–water partition coefficient (Wildman–Crippen LogP) is 2.19. The Bertz CT molecular complexity index is 713. The summed E-state index contributed by atoms with van der Waals surface area (Å²) in [5.74, 6) is 1.37. The monoisotopic (exact) mass is 263 g/mol. The van der Waals surface area contributed by atoms with Crippen molar-refractivity contribution in [3.63, 3.8) is 0 Å². The maximum Gasteiger partial charge on any atom is 0.231 e. The number of carbonyl (C=O) groups is 1. The predicted molar refractivity (Wildman–Crippen MR) is 62.7 cm³/mol. The Morgan fingerprint density at radius 1 is 1.17 bits per heavy atom. The van der Waals surface area contributed by atoms with E-state index in [9.17, 15) is 4.79 Å². The van der Waals surface area contributed by atoms with E-state index < -0.39 is 0 Å². The summed E-state index contributed by atoms with van der Waals surface area (Å²) in [5.41, 5.74) is 0.973. The highest BCUT2D eigenvalue weighted by Gasteiger charge is 2.28. The van der Waals surface area contributed by atoms with Crippen LogP contribution in [0.5, 0.6) is 17.4 Å². The summed E-state index contributed by atoms with van der Waals surface area (Å²) in [6.45, 7) is 0.170. The third kappa shape index (κ3) is 1.17. The molecule has 0 aliphatic carbocycles. The van der Waals surface area contributed by atoms with Gasteiger partial charge in [0.25, 0.3) is 0 Å². The Labute approximate surface area is 106 Å². The Kier molecular flexibility index (Phi) is 1.81. The van der Waals surface area contributed by atoms with E-state index in [4.69, 9.17) is 25.8 Å². The molecule has 0 bridgehead atoms. The van der Waals surface area contributed by atoms with E-state index in [1.54, 1.807) is 12.1 Å². The van der Waals surface area contributed by atoms with Gasteiger partial charge < -0.3 is 14.2 Å². The highest BCUT2D eigenvalue weighted by molar-refractivity contribution is 6.39. The first-order valence-electron chi connectivity index (χ1n) is 5.33. The van der Waals surface area contributed by atoms with Crippen LogP contribution in [-0.4, -0.2) is 24.2 Å². The molecule has 90 valence electrons. The van der Waals surface area contributed by atoms with Crippen LogP contribution in [0.3, 0.4) is 0 Å². The number of benzene rings is 1. The minimum atomic E-state index is -0.151. The van der Waals surface area contributed by atoms with Crippen LogP contribution < -0.4 is 14.2 Å². The van der Waals surface area contributed by atoms with Gasteiger partial charge in [0.1, 0.15) is 5.56 Å². The molecule has 2 aliphatic rings. The molecule has 0 radical (unpaired) electrons. The van der Waals surface area contributed by atoms with E-state index in [2.05, 4.69) is 4.98 Å². The summed E-state index contributed by atoms with van der Waals surface area (Å²) in [4.78, 5) is 15.9. The van der Waals surface area contributed by atoms with Crippen LogP contribution in [0.25, 0.3) is 10.9 Å². The van der Waals surface area contributed by atoms with Crippen LogP contribution in [0.4, 0.5) is 0 Å². The minimum Gasteiger partial charge on any atom is -0.469 e. The number of Topliss-reactive ketones (excluding diaryl/α,β-unsaturated/α-hetero) is 1. The Morgan fingerprint density at radius 3 is 2.78 bits per heavy atom. The summed E-state index contributed by atoms with van der Waals surface area (Å²) < 4.78 is 15.8. The fraction of sp³-hybridized carbons (Fsp3) is 0.167. The van der Waals surface area contributed by atoms with Gasteiger partial charge >= 0.3 is 0 Å². The molecule has 4 rings (SSSR count). The molecule has 0 unspecified atom stereocenters. The second kappa shape index (κ2) is 3.26. The van der Waals surface area contributed by atoms with Crippen molar-refractivity contribution in [1.82, 2.24) is 4.98 Å². The van der Waals surface area contributed by atoms with Crippen molar-refractivity contribution in [1.29, 1.82) is 0 Å². The van der Waals surface area contributed by atoms with Crippen molar-refractivity contribution in [2.45, 2.75) is 0 Å². The Balaban J connectivity index is 2.10. The molecular weight excluding hydrogens is 258 g/mol. The van der Waals surface area contributed by atoms with Gasteiger partial charge in [0.05, 0.1) is 10.5 Å². The van der Waals surface area contributed by atoms with Crippen molar-refractivity contribution >= 4 is 28.3 Å². The summed E-state index contributed by atoms with van der Waals surface area (Å²) in [6.07, 6.45) is 0. The van der Waals surface area contributed by atoms with Gasteiger partial charge in [-0.2, -0.15) is 0 Å². The van der Waals surface area contributed by atoms with Crippen molar-refractivity contribution < 1.29 is 19.0 Å². The van der Waals surface area contributed by atoms with Crippen molar-refractivity contribution in [2.24, 2.45) is 0 Å². The van der Waals surface area contributed by atoms with E-state index in [1.165, 1.54) is 0 Å². The highest BCUT2D eigenvalue weighted by atomic mass is 35.5. The summed E-state index contributed by atoms with van der Waals surface area (Å²) in [7, 11) is 0. The lowest BCUT2D eigenvalue weighted by Crippen LogP contribution is -1.99. The molecule has 0 saturated carbocycles. The number of ether oxygens (including phenoxy) is 3. The molecule has 5 nitrogen and oxygen atoms in total. The number of ketones is 1. The van der Waals surface area contributed by atoms with Gasteiger partial charge in [0.2, 0.25) is 18.5 Å². The number of hydrogen-bond acceptors (Lipinski definition) is 5. The lowest BCUT2D eigenvalue weighted by molar-refractivity contribution is 0.0960. The van der Waals surface area contributed by atoms with E-state index in [1.807, 2.05) is 0 Å². The van der Waals surface area contributed by atoms with E-state index >= 15 is 0 Å². The SMILES string of the molecule is O=C1COc2nc3cc4c(cc3c(Cl)c21)OCO4. The van der Waals surface area contributed by atoms with Crippen LogP contribution in [0.2, 0.25) is 5.02 Å². The second-order valence-electron chi connectivity index (χ2n) is 4.04. The average Bonchev–Trinajstić information content (AvgIpc) is 2.94. The number of fused-ring (bicyclic) bond motifs is 3. The van der Waals surface area contributed by atoms with Crippen LogP contribution in [-0.2, 0) is 0 Å². The molecule has 0 saturated heterocycles. The third-order valence-electron chi connectivity index (χ3n) is 3.00. The molecule has 2 aromatic rings. The normalized spacial score (nSPS) is 15.9. The standard InChI is InChI=1S/C12H6ClNO4/c13-11-5-1-8-9(18-4-17-8)2-6(5)14-12-10(11)7(15)3-16-12/h1-2H,3-4H2. The summed E-state index contributed by atoms with van der Waals surface area (Å²) >= 11 is 6.25. The van der Waals surface area contributed by atoms with Crippen LogP contribution in [0, 0.1) is 0 Å². The molecule has 1 aromatic carbocycles. The molecule has 0 fully saturated rings. The topological polar surface area (TPSA) is 57.7 Å². The van der Waals surface area contributed by atoms with E-state index in [-0.39, 0.29) is 25.1 Å². The maximum atomic E-state index is 11.7. The van der Waals surface area contributed by atoms with Crippen molar-refractivity contribution in [3.8, 4) is 17.4 Å². The average molecular weight is 264 g/mol. The van der Waals surface area contributed by atoms with Crippen molar-refractivity contribution in [3.05, 3.63) is 22.7 Å². The van der Waals surface area contributed by atoms with Crippen LogP contribution in [0.1, 0.15) is 10.4 Å². The number of aromatic nitrogens is 1. The summed E-state index contributed by atoms with van der Waals surface area (Å²) in [6, 6.07) is 3.47. The number of carbonyl (C=O) groups excluding carboxylic acids is 1. The van der Waals surface area contributed by atoms with Gasteiger partial charge in [0.15, 0.2) is 18.1 Å². The Morgan fingerprint density at radius 2 is 1.94 bits per heavy atom. The van der Waals surface area contributed by atoms with Gasteiger partial charge in [-0.25, -0.2) is 4.98 Å². The van der Waals surface area contributed by atoms with Crippen LogP contribution in [0.15, 0.2) is 12.1 Å². The fourth-order valence-electron chi connectivity index (χ4n) is 2.15. The molecule has 2 aliphatic heterocycles. The maximum absolute atomic E-state index is 11.7. The zero-order valence-electron chi connectivity index (χ0n) is 9.03. The molecule has 1 aromatic heterocycles. The number of hydrogen-bond donors (Lipinski definition) is 0. The lowest BCUT2D eigenvalue weighted by atomic mass is 10.1. The lowest BCUT2D eigenvalue weighted by Gasteiger charge is -2.05. The van der Waals surface area contributed by atoms with Crippen LogP contribution >= 0.6 is 11.6 Å². The smallest absolute Gasteiger partial charge is 0.231 e. The second-order valence-corrected chi connectivity index (χ2v) is 4.42. The molecule has 0 N–H and O–H groups in total. The van der Waals surface area contributed by atoms with Gasteiger partial charge in [-0.15, -0.1) is 0 Å². The minimum absolute atomic E-state index is 0.00884. The first-order valence-corrected chi connectivity index (χ1v) is 5.70. The molecule has 0 amide bonds. The molecule has 0 atom stereocenters. The molecular formula is C12H6ClNO4. The molecule has 6 heteroatoms. The van der Waals surface area contributed by atoms with Crippen molar-refractivity contribution in [2.75, 3.05) is 13.4 Å². The molecule has 0 spiro atoms. The number of halogens is 1. The van der Waals surface area contributed by atoms with Gasteiger partial charge in [-0.1, -0.05) is 11.6 Å². The van der Waals surface area contributed by atoms with E-state index in [0.29, 0.717) is 33.0 Å². The zero-order valence-corrected chi connectivity index (χ0v) is 9.78. The fourth-order valence-corrected chi connectivity index (χ4v) is 2.48. The highest BCUT2D eigenvalue weighted by Crippen LogP contribution is 2.41. The Hall–Kier alpha value is -2.01. The quantitative estimate of drug-likeness (QED) is 0.729. The zero-order chi connectivity index (χ0) is 12.3. The van der Waals surface area contributed by atoms with E-state index in [0.717, 1.165) is 0 Å². The molecule has 18 heavy (non-hydrogen) atoms. The number of rotatable bonds is 0. The van der Waals surface area contributed by atoms with Gasteiger partial charge in [-0.05, 0) is 6.07 Å². The van der Waals surface area contributed by atoms with Gasteiger partial charge in [0, 0.05) is 11.5 Å². The first kappa shape index (κ1) is 9.96. The first-order chi connectivity index (χ1) is 8.74. The summed E-state index contributed by atoms with van der Waals surface area (Å²) in [5, 5.41) is 1.02.